The fourth-order valence-corrected chi connectivity index (χ4v) is 8.42. The molecule has 272 valence electrons. The molecule has 14 heteroatoms. The molecule has 4 saturated heterocycles. The highest BCUT2D eigenvalue weighted by molar-refractivity contribution is 6.31. The molecule has 51 heavy (non-hydrogen) atoms. The molecule has 12 nitrogen and oxygen atoms in total. The molecular formula is C37H41ClFN3O9. The Kier molecular flexibility index (Phi) is 9.78. The number of carbonyl (C=O) groups excluding carboxylic acids is 3. The number of fused-ring (bicyclic) bond motifs is 3. The SMILES string of the molecule is CC(=O)N(c1ccc(F)c(Cl)c1)c1ncnc2ccc(COC(=O)CCCC(=O)O[C@@H]3O[C@@H]4O[C@@]5(C)CC[C@H]6[C@H](C)CC[C@@H]([C@H]3C)[C@@]46OO5)cc12. The highest BCUT2D eigenvalue weighted by Crippen LogP contribution is 2.60. The molecule has 8 atom stereocenters. The van der Waals surface area contributed by atoms with E-state index in [-0.39, 0.29) is 60.4 Å². The van der Waals surface area contributed by atoms with Gasteiger partial charge in [-0.2, -0.15) is 0 Å². The largest absolute Gasteiger partial charge is 0.461 e. The van der Waals surface area contributed by atoms with E-state index in [0.717, 1.165) is 19.3 Å². The summed E-state index contributed by atoms with van der Waals surface area (Å²) in [5, 5.41) is 0.379. The molecule has 8 rings (SSSR count). The number of halogens is 2. The van der Waals surface area contributed by atoms with Gasteiger partial charge in [-0.1, -0.05) is 31.5 Å². The number of hydrogen-bond donors (Lipinski definition) is 0. The van der Waals surface area contributed by atoms with Crippen LogP contribution in [0.4, 0.5) is 15.9 Å². The molecule has 0 radical (unpaired) electrons. The van der Waals surface area contributed by atoms with Gasteiger partial charge in [0.15, 0.2) is 17.7 Å². The number of rotatable bonds is 9. The van der Waals surface area contributed by atoms with E-state index in [1.807, 2.05) is 13.8 Å². The third-order valence-electron chi connectivity index (χ3n) is 10.9. The topological polar surface area (TPSA) is 136 Å². The average molecular weight is 726 g/mol. The molecule has 3 aromatic rings. The second-order valence-corrected chi connectivity index (χ2v) is 14.7. The van der Waals surface area contributed by atoms with Crippen LogP contribution in [0.2, 0.25) is 5.02 Å². The predicted molar refractivity (Wildman–Crippen MR) is 180 cm³/mol. The lowest BCUT2D eigenvalue weighted by molar-refractivity contribution is -0.576. The molecule has 1 saturated carbocycles. The van der Waals surface area contributed by atoms with E-state index >= 15 is 0 Å². The van der Waals surface area contributed by atoms with Crippen LogP contribution < -0.4 is 4.90 Å². The lowest BCUT2D eigenvalue weighted by atomic mass is 9.58. The molecule has 5 fully saturated rings. The highest BCUT2D eigenvalue weighted by Gasteiger charge is 2.69. The number of nitrogens with zero attached hydrogens (tertiary/aromatic N) is 3. The van der Waals surface area contributed by atoms with Crippen molar-refractivity contribution in [3.63, 3.8) is 0 Å². The predicted octanol–water partition coefficient (Wildman–Crippen LogP) is 7.07. The van der Waals surface area contributed by atoms with Crippen molar-refractivity contribution in [2.45, 2.75) is 103 Å². The molecule has 5 aliphatic rings. The first-order valence-electron chi connectivity index (χ1n) is 17.4. The van der Waals surface area contributed by atoms with Crippen molar-refractivity contribution in [1.82, 2.24) is 9.97 Å². The molecular weight excluding hydrogens is 685 g/mol. The maximum Gasteiger partial charge on any atom is 0.308 e. The van der Waals surface area contributed by atoms with E-state index in [1.54, 1.807) is 18.2 Å². The lowest BCUT2D eigenvalue weighted by Gasteiger charge is -2.59. The van der Waals surface area contributed by atoms with Gasteiger partial charge in [0.2, 0.25) is 18.0 Å². The Labute approximate surface area is 299 Å². The lowest BCUT2D eigenvalue weighted by Crippen LogP contribution is -2.70. The fraction of sp³-hybridized carbons (Fsp3) is 0.541. The van der Waals surface area contributed by atoms with Crippen molar-refractivity contribution < 1.29 is 47.5 Å². The minimum absolute atomic E-state index is 0.00212. The first kappa shape index (κ1) is 35.6. The summed E-state index contributed by atoms with van der Waals surface area (Å²) in [4.78, 5) is 60.3. The number of ether oxygens (including phenoxy) is 4. The Morgan fingerprint density at radius 2 is 1.82 bits per heavy atom. The van der Waals surface area contributed by atoms with Crippen molar-refractivity contribution in [3.8, 4) is 0 Å². The summed E-state index contributed by atoms with van der Waals surface area (Å²) < 4.78 is 37.9. The normalized spacial score (nSPS) is 31.0. The van der Waals surface area contributed by atoms with Crippen LogP contribution in [0.25, 0.3) is 10.9 Å². The van der Waals surface area contributed by atoms with Crippen LogP contribution in [0.1, 0.15) is 78.2 Å². The number of esters is 2. The molecule has 2 bridgehead atoms. The summed E-state index contributed by atoms with van der Waals surface area (Å²) in [7, 11) is 0. The van der Waals surface area contributed by atoms with Crippen LogP contribution in [0, 0.1) is 29.5 Å². The van der Waals surface area contributed by atoms with Gasteiger partial charge in [0.05, 0.1) is 16.2 Å². The van der Waals surface area contributed by atoms with E-state index in [0.29, 0.717) is 34.5 Å². The van der Waals surface area contributed by atoms with Gasteiger partial charge in [0, 0.05) is 43.4 Å². The van der Waals surface area contributed by atoms with Crippen LogP contribution in [-0.4, -0.2) is 51.8 Å². The van der Waals surface area contributed by atoms with E-state index in [1.165, 1.54) is 36.4 Å². The Morgan fingerprint density at radius 1 is 1.02 bits per heavy atom. The van der Waals surface area contributed by atoms with Crippen LogP contribution in [0.3, 0.4) is 0 Å². The number of benzene rings is 2. The smallest absolute Gasteiger partial charge is 0.308 e. The molecule has 4 aliphatic heterocycles. The number of aromatic nitrogens is 2. The Balaban J connectivity index is 0.943. The van der Waals surface area contributed by atoms with Gasteiger partial charge < -0.3 is 18.9 Å². The molecule has 1 amide bonds. The van der Waals surface area contributed by atoms with Crippen LogP contribution in [0.5, 0.6) is 0 Å². The zero-order valence-electron chi connectivity index (χ0n) is 28.9. The van der Waals surface area contributed by atoms with Crippen molar-refractivity contribution >= 4 is 51.9 Å². The van der Waals surface area contributed by atoms with Crippen LogP contribution >= 0.6 is 11.6 Å². The molecule has 1 spiro atoms. The molecule has 0 N–H and O–H groups in total. The Bertz CT molecular complexity index is 1850. The highest BCUT2D eigenvalue weighted by atomic mass is 35.5. The van der Waals surface area contributed by atoms with Crippen molar-refractivity contribution in [2.75, 3.05) is 4.90 Å². The molecule has 1 aliphatic carbocycles. The fourth-order valence-electron chi connectivity index (χ4n) is 8.24. The van der Waals surface area contributed by atoms with E-state index < -0.39 is 41.7 Å². The third kappa shape index (κ3) is 6.70. The maximum atomic E-state index is 13.8. The van der Waals surface area contributed by atoms with E-state index in [2.05, 4.69) is 16.9 Å². The van der Waals surface area contributed by atoms with Crippen molar-refractivity contribution in [1.29, 1.82) is 0 Å². The molecule has 5 heterocycles. The number of anilines is 2. The minimum Gasteiger partial charge on any atom is -0.461 e. The summed E-state index contributed by atoms with van der Waals surface area (Å²) in [5.74, 6) is -2.11. The third-order valence-corrected chi connectivity index (χ3v) is 11.2. The van der Waals surface area contributed by atoms with Gasteiger partial charge in [0.25, 0.3) is 0 Å². The average Bonchev–Trinajstić information content (AvgIpc) is 3.33. The first-order valence-corrected chi connectivity index (χ1v) is 17.8. The van der Waals surface area contributed by atoms with Crippen molar-refractivity contribution in [3.05, 3.63) is 59.1 Å². The Morgan fingerprint density at radius 3 is 2.61 bits per heavy atom. The minimum atomic E-state index is -0.927. The zero-order valence-corrected chi connectivity index (χ0v) is 29.7. The number of carbonyl (C=O) groups is 3. The molecule has 2 aromatic carbocycles. The number of hydrogen-bond acceptors (Lipinski definition) is 11. The molecule has 1 aromatic heterocycles. The standard InChI is InChI=1S/C37H41ClFN3O9/c1-20-8-11-27-21(2)34(48-35-37(27)26(20)14-15-36(4,49-35)50-51-37)47-32(45)7-5-6-31(44)46-18-23-9-13-30-25(16-23)33(41-19-40-30)42(22(3)43)24-10-12-29(39)28(38)17-24/h9-10,12-13,16-17,19-21,26-27,34-35H,5-8,11,14-15,18H2,1-4H3/t20-,21-,26+,27+,34-,35-,36-,37-/m1/s1. The summed E-state index contributed by atoms with van der Waals surface area (Å²) in [6.07, 6.45) is 3.54. The zero-order chi connectivity index (χ0) is 36.1. The van der Waals surface area contributed by atoms with E-state index in [9.17, 15) is 18.8 Å². The number of amides is 1. The van der Waals surface area contributed by atoms with Gasteiger partial charge in [-0.25, -0.2) is 24.1 Å². The Hall–Kier alpha value is -3.75. The first-order chi connectivity index (χ1) is 24.4. The van der Waals surface area contributed by atoms with Gasteiger partial charge >= 0.3 is 11.9 Å². The summed E-state index contributed by atoms with van der Waals surface area (Å²) in [5.41, 5.74) is 0.761. The van der Waals surface area contributed by atoms with Crippen molar-refractivity contribution in [2.24, 2.45) is 23.7 Å². The van der Waals surface area contributed by atoms with Crippen LogP contribution in [-0.2, 0) is 49.7 Å². The monoisotopic (exact) mass is 725 g/mol. The van der Waals surface area contributed by atoms with Gasteiger partial charge in [-0.3, -0.25) is 19.3 Å². The van der Waals surface area contributed by atoms with E-state index in [4.69, 9.17) is 40.3 Å². The maximum absolute atomic E-state index is 13.8. The van der Waals surface area contributed by atoms with Gasteiger partial charge in [0.1, 0.15) is 18.8 Å². The summed E-state index contributed by atoms with van der Waals surface area (Å²) >= 11 is 5.99. The summed E-state index contributed by atoms with van der Waals surface area (Å²) in [6, 6.07) is 9.15. The van der Waals surface area contributed by atoms with Gasteiger partial charge in [-0.15, -0.1) is 0 Å². The quantitative estimate of drug-likeness (QED) is 0.166. The second-order valence-electron chi connectivity index (χ2n) is 14.3. The summed E-state index contributed by atoms with van der Waals surface area (Å²) in [6.45, 7) is 7.40. The second kappa shape index (κ2) is 14.0. The van der Waals surface area contributed by atoms with Crippen LogP contribution in [0.15, 0.2) is 42.7 Å². The molecule has 0 unspecified atom stereocenters. The van der Waals surface area contributed by atoms with Gasteiger partial charge in [-0.05, 0) is 80.3 Å².